The van der Waals surface area contributed by atoms with Gasteiger partial charge in [-0.15, -0.1) is 0 Å². The van der Waals surface area contributed by atoms with Gasteiger partial charge in [0.15, 0.2) is 0 Å². The molecule has 1 atom stereocenters. The van der Waals surface area contributed by atoms with Gasteiger partial charge in [0.1, 0.15) is 5.82 Å². The number of carbonyl (C=O) groups is 1. The van der Waals surface area contributed by atoms with E-state index in [1.807, 2.05) is 0 Å². The Kier molecular flexibility index (Phi) is 4.15. The minimum absolute atomic E-state index is 0.0584. The standard InChI is InChI=1S/C13H18FN3O/c14-10-4-1-5-11(12(10)13(15)18)17-8-6-9-3-2-7-16-9/h1,4-5,9,16-17H,2-3,6-8H2,(H2,15,18)/t9-/m1/s1. The van der Waals surface area contributed by atoms with E-state index in [9.17, 15) is 9.18 Å². The molecule has 1 heterocycles. The van der Waals surface area contributed by atoms with Crippen LogP contribution < -0.4 is 16.4 Å². The van der Waals surface area contributed by atoms with Crippen LogP contribution in [0.1, 0.15) is 29.6 Å². The minimum Gasteiger partial charge on any atom is -0.384 e. The van der Waals surface area contributed by atoms with E-state index in [-0.39, 0.29) is 5.56 Å². The number of primary amides is 1. The van der Waals surface area contributed by atoms with Crippen molar-refractivity contribution in [3.05, 3.63) is 29.6 Å². The molecule has 2 rings (SSSR count). The first-order chi connectivity index (χ1) is 8.68. The molecule has 0 spiro atoms. The number of rotatable bonds is 5. The van der Waals surface area contributed by atoms with Crippen molar-refractivity contribution in [1.82, 2.24) is 5.32 Å². The van der Waals surface area contributed by atoms with E-state index in [4.69, 9.17) is 5.73 Å². The molecule has 18 heavy (non-hydrogen) atoms. The van der Waals surface area contributed by atoms with Gasteiger partial charge in [0.25, 0.3) is 5.91 Å². The Morgan fingerprint density at radius 3 is 3.06 bits per heavy atom. The molecule has 0 aromatic heterocycles. The van der Waals surface area contributed by atoms with Crippen molar-refractivity contribution >= 4 is 11.6 Å². The van der Waals surface area contributed by atoms with E-state index in [2.05, 4.69) is 10.6 Å². The second-order valence-electron chi connectivity index (χ2n) is 4.54. The van der Waals surface area contributed by atoms with E-state index in [1.165, 1.54) is 18.9 Å². The molecule has 4 nitrogen and oxygen atoms in total. The monoisotopic (exact) mass is 251 g/mol. The van der Waals surface area contributed by atoms with Gasteiger partial charge in [-0.25, -0.2) is 4.39 Å². The second-order valence-corrected chi connectivity index (χ2v) is 4.54. The fraction of sp³-hybridized carbons (Fsp3) is 0.462. The number of nitrogens with one attached hydrogen (secondary N) is 2. The summed E-state index contributed by atoms with van der Waals surface area (Å²) in [6.45, 7) is 1.76. The van der Waals surface area contributed by atoms with E-state index < -0.39 is 11.7 Å². The zero-order chi connectivity index (χ0) is 13.0. The van der Waals surface area contributed by atoms with Crippen LogP contribution in [0.3, 0.4) is 0 Å². The van der Waals surface area contributed by atoms with Crippen LogP contribution in [0.15, 0.2) is 18.2 Å². The fourth-order valence-electron chi connectivity index (χ4n) is 2.31. The van der Waals surface area contributed by atoms with Gasteiger partial charge in [0.05, 0.1) is 5.56 Å². The Labute approximate surface area is 106 Å². The van der Waals surface area contributed by atoms with Crippen molar-refractivity contribution in [2.45, 2.75) is 25.3 Å². The van der Waals surface area contributed by atoms with Gasteiger partial charge >= 0.3 is 0 Å². The summed E-state index contributed by atoms with van der Waals surface area (Å²) >= 11 is 0. The minimum atomic E-state index is -0.741. The molecule has 0 unspecified atom stereocenters. The molecular formula is C13H18FN3O. The highest BCUT2D eigenvalue weighted by Crippen LogP contribution is 2.18. The molecule has 5 heteroatoms. The molecule has 0 aliphatic carbocycles. The van der Waals surface area contributed by atoms with Crippen LogP contribution in [-0.2, 0) is 0 Å². The highest BCUT2D eigenvalue weighted by atomic mass is 19.1. The van der Waals surface area contributed by atoms with E-state index in [0.717, 1.165) is 13.0 Å². The normalized spacial score (nSPS) is 18.8. The molecule has 0 radical (unpaired) electrons. The van der Waals surface area contributed by atoms with Gasteiger partial charge in [0, 0.05) is 18.3 Å². The third-order valence-corrected chi connectivity index (χ3v) is 3.23. The summed E-state index contributed by atoms with van der Waals surface area (Å²) in [5.74, 6) is -1.32. The van der Waals surface area contributed by atoms with Crippen molar-refractivity contribution < 1.29 is 9.18 Å². The summed E-state index contributed by atoms with van der Waals surface area (Å²) in [6.07, 6.45) is 3.33. The van der Waals surface area contributed by atoms with Crippen LogP contribution in [0.4, 0.5) is 10.1 Å². The summed E-state index contributed by atoms with van der Waals surface area (Å²) in [4.78, 5) is 11.2. The number of amides is 1. The SMILES string of the molecule is NC(=O)c1c(F)cccc1NCC[C@H]1CCCN1. The highest BCUT2D eigenvalue weighted by molar-refractivity contribution is 5.98. The van der Waals surface area contributed by atoms with Crippen LogP contribution in [0, 0.1) is 5.82 Å². The topological polar surface area (TPSA) is 67.2 Å². The van der Waals surface area contributed by atoms with Crippen LogP contribution in [-0.4, -0.2) is 25.0 Å². The molecule has 1 aromatic rings. The van der Waals surface area contributed by atoms with Crippen molar-refractivity contribution in [2.24, 2.45) is 5.73 Å². The predicted molar refractivity (Wildman–Crippen MR) is 69.0 cm³/mol. The maximum absolute atomic E-state index is 13.5. The third-order valence-electron chi connectivity index (χ3n) is 3.23. The number of hydrogen-bond acceptors (Lipinski definition) is 3. The third kappa shape index (κ3) is 2.98. The van der Waals surface area contributed by atoms with E-state index >= 15 is 0 Å². The molecule has 1 saturated heterocycles. The van der Waals surface area contributed by atoms with Gasteiger partial charge in [-0.05, 0) is 37.9 Å². The van der Waals surface area contributed by atoms with Gasteiger partial charge in [-0.2, -0.15) is 0 Å². The number of hydrogen-bond donors (Lipinski definition) is 3. The van der Waals surface area contributed by atoms with Gasteiger partial charge in [-0.3, -0.25) is 4.79 Å². The molecule has 1 amide bonds. The van der Waals surface area contributed by atoms with E-state index in [0.29, 0.717) is 18.3 Å². The average molecular weight is 251 g/mol. The first kappa shape index (κ1) is 12.8. The highest BCUT2D eigenvalue weighted by Gasteiger charge is 2.15. The Balaban J connectivity index is 1.96. The molecule has 1 fully saturated rings. The molecule has 1 aliphatic rings. The van der Waals surface area contributed by atoms with Crippen molar-refractivity contribution in [2.75, 3.05) is 18.4 Å². The molecule has 4 N–H and O–H groups in total. The lowest BCUT2D eigenvalue weighted by Gasteiger charge is -2.13. The Hall–Kier alpha value is -1.62. The van der Waals surface area contributed by atoms with Gasteiger partial charge in [0.2, 0.25) is 0 Å². The summed E-state index contributed by atoms with van der Waals surface area (Å²) in [5, 5.41) is 6.47. The van der Waals surface area contributed by atoms with Crippen LogP contribution >= 0.6 is 0 Å². The summed E-state index contributed by atoms with van der Waals surface area (Å²) in [7, 11) is 0. The summed E-state index contributed by atoms with van der Waals surface area (Å²) in [6, 6.07) is 5.00. The number of benzene rings is 1. The van der Waals surface area contributed by atoms with Crippen molar-refractivity contribution in [3.63, 3.8) is 0 Å². The van der Waals surface area contributed by atoms with Gasteiger partial charge in [-0.1, -0.05) is 6.07 Å². The fourth-order valence-corrected chi connectivity index (χ4v) is 2.31. The Bertz CT molecular complexity index is 430. The quantitative estimate of drug-likeness (QED) is 0.742. The molecule has 0 saturated carbocycles. The Morgan fingerprint density at radius 1 is 1.56 bits per heavy atom. The second kappa shape index (κ2) is 5.82. The van der Waals surface area contributed by atoms with E-state index in [1.54, 1.807) is 12.1 Å². The largest absolute Gasteiger partial charge is 0.384 e. The van der Waals surface area contributed by atoms with Crippen LogP contribution in [0.5, 0.6) is 0 Å². The molecular weight excluding hydrogens is 233 g/mol. The van der Waals surface area contributed by atoms with Crippen LogP contribution in [0.2, 0.25) is 0 Å². The first-order valence-corrected chi connectivity index (χ1v) is 6.24. The lowest BCUT2D eigenvalue weighted by Crippen LogP contribution is -2.24. The van der Waals surface area contributed by atoms with Gasteiger partial charge < -0.3 is 16.4 Å². The zero-order valence-corrected chi connectivity index (χ0v) is 10.2. The first-order valence-electron chi connectivity index (χ1n) is 6.24. The predicted octanol–water partition coefficient (Wildman–Crippen LogP) is 1.48. The number of nitrogens with two attached hydrogens (primary N) is 1. The van der Waals surface area contributed by atoms with Crippen molar-refractivity contribution in [1.29, 1.82) is 0 Å². The average Bonchev–Trinajstić information content (AvgIpc) is 2.81. The lowest BCUT2D eigenvalue weighted by molar-refractivity contribution is 0.0997. The number of halogens is 1. The molecule has 0 bridgehead atoms. The van der Waals surface area contributed by atoms with Crippen LogP contribution in [0.25, 0.3) is 0 Å². The number of carbonyl (C=O) groups excluding carboxylic acids is 1. The molecule has 98 valence electrons. The maximum atomic E-state index is 13.5. The maximum Gasteiger partial charge on any atom is 0.253 e. The summed E-state index contributed by atoms with van der Waals surface area (Å²) in [5.41, 5.74) is 5.59. The van der Waals surface area contributed by atoms with Crippen molar-refractivity contribution in [3.8, 4) is 0 Å². The Morgan fingerprint density at radius 2 is 2.39 bits per heavy atom. The number of anilines is 1. The summed E-state index contributed by atoms with van der Waals surface area (Å²) < 4.78 is 13.5. The lowest BCUT2D eigenvalue weighted by atomic mass is 10.1. The zero-order valence-electron chi connectivity index (χ0n) is 10.2. The molecule has 1 aromatic carbocycles. The smallest absolute Gasteiger partial charge is 0.253 e. The molecule has 1 aliphatic heterocycles.